The van der Waals surface area contributed by atoms with Crippen LogP contribution in [0.5, 0.6) is 0 Å². The zero-order chi connectivity index (χ0) is 13.4. The summed E-state index contributed by atoms with van der Waals surface area (Å²) in [7, 11) is 0. The maximum absolute atomic E-state index is 12.3. The number of nitrogens with zero attached hydrogens (tertiary/aromatic N) is 2. The summed E-state index contributed by atoms with van der Waals surface area (Å²) < 4.78 is 36.9. The number of piperazine rings is 1. The first-order valence-electron chi connectivity index (χ1n) is 6.59. The fraction of sp³-hybridized carbons (Fsp3) is 1.00. The largest absolute Gasteiger partial charge is 0.401 e. The van der Waals surface area contributed by atoms with E-state index in [1.807, 2.05) is 0 Å². The molecule has 2 aliphatic rings. The van der Waals surface area contributed by atoms with Crippen LogP contribution in [0.1, 0.15) is 19.8 Å². The van der Waals surface area contributed by atoms with E-state index in [1.165, 1.54) is 17.7 Å². The highest BCUT2D eigenvalue weighted by Gasteiger charge is 2.45. The Morgan fingerprint density at radius 2 is 1.67 bits per heavy atom. The van der Waals surface area contributed by atoms with Gasteiger partial charge in [0.1, 0.15) is 0 Å². The first-order valence-corrected chi connectivity index (χ1v) is 6.59. The first-order chi connectivity index (χ1) is 8.35. The van der Waals surface area contributed by atoms with Gasteiger partial charge in [0, 0.05) is 38.3 Å². The molecule has 1 atom stereocenters. The quantitative estimate of drug-likeness (QED) is 0.831. The fourth-order valence-corrected chi connectivity index (χ4v) is 2.93. The molecule has 18 heavy (non-hydrogen) atoms. The predicted octanol–water partition coefficient (Wildman–Crippen LogP) is 1.29. The number of hydrogen-bond donors (Lipinski definition) is 1. The average Bonchev–Trinajstić information content (AvgIpc) is 3.11. The molecule has 1 unspecified atom stereocenters. The van der Waals surface area contributed by atoms with E-state index in [0.29, 0.717) is 38.6 Å². The molecule has 1 saturated carbocycles. The van der Waals surface area contributed by atoms with Gasteiger partial charge in [-0.2, -0.15) is 13.2 Å². The second-order valence-corrected chi connectivity index (χ2v) is 5.71. The summed E-state index contributed by atoms with van der Waals surface area (Å²) in [4.78, 5) is 3.78. The molecule has 0 aromatic rings. The third kappa shape index (κ3) is 3.16. The molecule has 0 radical (unpaired) electrons. The number of alkyl halides is 3. The second kappa shape index (κ2) is 4.98. The highest BCUT2D eigenvalue weighted by molar-refractivity contribution is 5.01. The number of hydrogen-bond acceptors (Lipinski definition) is 3. The van der Waals surface area contributed by atoms with Crippen LogP contribution in [0.2, 0.25) is 0 Å². The van der Waals surface area contributed by atoms with Crippen LogP contribution in [0.4, 0.5) is 13.2 Å². The summed E-state index contributed by atoms with van der Waals surface area (Å²) in [5, 5.41) is 0. The molecule has 1 aliphatic heterocycles. The maximum atomic E-state index is 12.3. The molecule has 1 heterocycles. The van der Waals surface area contributed by atoms with Crippen LogP contribution in [-0.4, -0.2) is 60.8 Å². The van der Waals surface area contributed by atoms with Crippen molar-refractivity contribution in [3.05, 3.63) is 0 Å². The number of nitrogens with two attached hydrogens (primary N) is 1. The Morgan fingerprint density at radius 3 is 2.06 bits per heavy atom. The topological polar surface area (TPSA) is 32.5 Å². The molecule has 1 aliphatic carbocycles. The minimum absolute atomic E-state index is 0.00960. The molecule has 2 rings (SSSR count). The van der Waals surface area contributed by atoms with Gasteiger partial charge >= 0.3 is 6.18 Å². The van der Waals surface area contributed by atoms with Crippen molar-refractivity contribution < 1.29 is 13.2 Å². The van der Waals surface area contributed by atoms with Gasteiger partial charge in [0.05, 0.1) is 6.54 Å². The summed E-state index contributed by atoms with van der Waals surface area (Å²) in [6.45, 7) is 4.33. The van der Waals surface area contributed by atoms with Crippen LogP contribution in [-0.2, 0) is 0 Å². The van der Waals surface area contributed by atoms with Gasteiger partial charge in [0.25, 0.3) is 0 Å². The third-order valence-corrected chi connectivity index (χ3v) is 4.37. The van der Waals surface area contributed by atoms with Crippen molar-refractivity contribution in [2.45, 2.75) is 31.5 Å². The van der Waals surface area contributed by atoms with Crippen molar-refractivity contribution in [1.29, 1.82) is 0 Å². The Bertz CT molecular complexity index is 283. The maximum Gasteiger partial charge on any atom is 0.401 e. The Labute approximate surface area is 106 Å². The number of halogens is 3. The zero-order valence-corrected chi connectivity index (χ0v) is 10.8. The Hall–Kier alpha value is -0.330. The van der Waals surface area contributed by atoms with Gasteiger partial charge in [0.15, 0.2) is 0 Å². The monoisotopic (exact) mass is 265 g/mol. The van der Waals surface area contributed by atoms with E-state index in [4.69, 9.17) is 5.73 Å². The summed E-state index contributed by atoms with van der Waals surface area (Å²) in [6, 6.07) is 0. The molecule has 6 heteroatoms. The number of rotatable bonds is 4. The summed E-state index contributed by atoms with van der Waals surface area (Å²) in [6.07, 6.45) is -1.68. The van der Waals surface area contributed by atoms with Crippen LogP contribution < -0.4 is 5.73 Å². The molecule has 1 saturated heterocycles. The van der Waals surface area contributed by atoms with E-state index < -0.39 is 12.7 Å². The molecule has 3 nitrogen and oxygen atoms in total. The average molecular weight is 265 g/mol. The minimum atomic E-state index is -4.09. The van der Waals surface area contributed by atoms with E-state index in [0.717, 1.165) is 0 Å². The van der Waals surface area contributed by atoms with Crippen LogP contribution in [0.15, 0.2) is 0 Å². The second-order valence-electron chi connectivity index (χ2n) is 5.71. The molecular weight excluding hydrogens is 243 g/mol. The lowest BCUT2D eigenvalue weighted by molar-refractivity contribution is -0.151. The van der Waals surface area contributed by atoms with Crippen LogP contribution >= 0.6 is 0 Å². The van der Waals surface area contributed by atoms with E-state index in [1.54, 1.807) is 0 Å². The minimum Gasteiger partial charge on any atom is -0.329 e. The lowest BCUT2D eigenvalue weighted by Crippen LogP contribution is -2.60. The Balaban J connectivity index is 1.86. The predicted molar refractivity (Wildman–Crippen MR) is 64.3 cm³/mol. The van der Waals surface area contributed by atoms with Crippen molar-refractivity contribution in [2.24, 2.45) is 11.7 Å². The van der Waals surface area contributed by atoms with Crippen LogP contribution in [0, 0.1) is 5.92 Å². The fourth-order valence-electron chi connectivity index (χ4n) is 2.93. The molecule has 0 aromatic heterocycles. The highest BCUT2D eigenvalue weighted by Crippen LogP contribution is 2.42. The molecule has 0 spiro atoms. The molecule has 106 valence electrons. The van der Waals surface area contributed by atoms with E-state index in [2.05, 4.69) is 11.8 Å². The van der Waals surface area contributed by atoms with Gasteiger partial charge < -0.3 is 5.73 Å². The van der Waals surface area contributed by atoms with Crippen LogP contribution in [0.25, 0.3) is 0 Å². The first kappa shape index (κ1) is 14.1. The van der Waals surface area contributed by atoms with Gasteiger partial charge in [-0.15, -0.1) is 0 Å². The lowest BCUT2D eigenvalue weighted by atomic mass is 9.92. The molecule has 2 N–H and O–H groups in total. The smallest absolute Gasteiger partial charge is 0.329 e. The third-order valence-electron chi connectivity index (χ3n) is 4.37. The standard InChI is InChI=1S/C12H22F3N3/c1-11(8-16,10-2-3-10)18-6-4-17(5-7-18)9-12(13,14)15/h10H,2-9,16H2,1H3. The van der Waals surface area contributed by atoms with E-state index in [9.17, 15) is 13.2 Å². The summed E-state index contributed by atoms with van der Waals surface area (Å²) in [5.74, 6) is 0.636. The van der Waals surface area contributed by atoms with Gasteiger partial charge in [-0.1, -0.05) is 0 Å². The molecule has 2 fully saturated rings. The molecule has 0 aromatic carbocycles. The van der Waals surface area contributed by atoms with Crippen molar-refractivity contribution in [2.75, 3.05) is 39.3 Å². The van der Waals surface area contributed by atoms with Crippen molar-refractivity contribution in [3.8, 4) is 0 Å². The molecular formula is C12H22F3N3. The van der Waals surface area contributed by atoms with E-state index >= 15 is 0 Å². The lowest BCUT2D eigenvalue weighted by Gasteiger charge is -2.46. The van der Waals surface area contributed by atoms with Crippen molar-refractivity contribution >= 4 is 0 Å². The van der Waals surface area contributed by atoms with Gasteiger partial charge in [0.2, 0.25) is 0 Å². The van der Waals surface area contributed by atoms with E-state index in [-0.39, 0.29) is 5.54 Å². The Kier molecular flexibility index (Phi) is 3.90. The van der Waals surface area contributed by atoms with Crippen LogP contribution in [0.3, 0.4) is 0 Å². The summed E-state index contributed by atoms with van der Waals surface area (Å²) >= 11 is 0. The van der Waals surface area contributed by atoms with Gasteiger partial charge in [-0.25, -0.2) is 0 Å². The zero-order valence-electron chi connectivity index (χ0n) is 10.8. The van der Waals surface area contributed by atoms with Gasteiger partial charge in [-0.05, 0) is 25.7 Å². The normalized spacial score (nSPS) is 27.2. The molecule has 0 bridgehead atoms. The van der Waals surface area contributed by atoms with Gasteiger partial charge in [-0.3, -0.25) is 9.80 Å². The summed E-state index contributed by atoms with van der Waals surface area (Å²) in [5.41, 5.74) is 5.87. The highest BCUT2D eigenvalue weighted by atomic mass is 19.4. The van der Waals surface area contributed by atoms with Crippen molar-refractivity contribution in [1.82, 2.24) is 9.80 Å². The van der Waals surface area contributed by atoms with Crippen molar-refractivity contribution in [3.63, 3.8) is 0 Å². The Morgan fingerprint density at radius 1 is 1.11 bits per heavy atom. The molecule has 0 amide bonds. The SMILES string of the molecule is CC(CN)(C1CC1)N1CCN(CC(F)(F)F)CC1.